The monoisotopic (exact) mass is 234 g/mol. The highest BCUT2D eigenvalue weighted by Gasteiger charge is 2.35. The van der Waals surface area contributed by atoms with E-state index in [-0.39, 0.29) is 0 Å². The fourth-order valence-electron chi connectivity index (χ4n) is 2.27. The van der Waals surface area contributed by atoms with Gasteiger partial charge < -0.3 is 0 Å². The quantitative estimate of drug-likeness (QED) is 0.786. The summed E-state index contributed by atoms with van der Waals surface area (Å²) in [5.41, 5.74) is 0.450. The number of hydrogen-bond donors (Lipinski definition) is 0. The van der Waals surface area contributed by atoms with Gasteiger partial charge in [0, 0.05) is 5.02 Å². The van der Waals surface area contributed by atoms with Gasteiger partial charge in [-0.1, -0.05) is 23.7 Å². The summed E-state index contributed by atoms with van der Waals surface area (Å²) in [7, 11) is 0. The predicted octanol–water partition coefficient (Wildman–Crippen LogP) is 3.17. The van der Waals surface area contributed by atoms with Crippen LogP contribution in [0.5, 0.6) is 0 Å². The lowest BCUT2D eigenvalue weighted by Crippen LogP contribution is -2.40. The summed E-state index contributed by atoms with van der Waals surface area (Å²) in [6.45, 7) is 3.97. The summed E-state index contributed by atoms with van der Waals surface area (Å²) < 4.78 is 0. The van der Waals surface area contributed by atoms with Gasteiger partial charge in [-0.25, -0.2) is 0 Å². The van der Waals surface area contributed by atoms with Crippen LogP contribution in [0.1, 0.15) is 25.3 Å². The molecule has 1 aromatic rings. The standard InChI is InChI=1S/C13H15ClN2/c1-13(10-15,16-7-2-3-8-16)11-5-4-6-12(14)9-11/h4-6,9H,2-3,7-8H2,1H3. The number of halogens is 1. The molecule has 1 saturated heterocycles. The average molecular weight is 235 g/mol. The third-order valence-electron chi connectivity index (χ3n) is 3.34. The zero-order valence-electron chi connectivity index (χ0n) is 9.41. The number of nitrogens with zero attached hydrogens (tertiary/aromatic N) is 2. The van der Waals surface area contributed by atoms with Crippen LogP contribution in [0.3, 0.4) is 0 Å². The minimum absolute atomic E-state index is 0.540. The second kappa shape index (κ2) is 4.45. The molecule has 0 radical (unpaired) electrons. The van der Waals surface area contributed by atoms with E-state index in [1.807, 2.05) is 31.2 Å². The second-order valence-corrected chi connectivity index (χ2v) is 4.82. The molecule has 2 rings (SSSR count). The highest BCUT2D eigenvalue weighted by molar-refractivity contribution is 6.30. The maximum absolute atomic E-state index is 9.46. The third kappa shape index (κ3) is 1.93. The van der Waals surface area contributed by atoms with E-state index in [0.717, 1.165) is 18.7 Å². The molecule has 1 aliphatic heterocycles. The fourth-order valence-corrected chi connectivity index (χ4v) is 2.46. The smallest absolute Gasteiger partial charge is 0.131 e. The maximum atomic E-state index is 9.46. The molecule has 16 heavy (non-hydrogen) atoms. The Labute approximate surface area is 101 Å². The number of hydrogen-bond acceptors (Lipinski definition) is 2. The van der Waals surface area contributed by atoms with Crippen LogP contribution in [-0.2, 0) is 5.54 Å². The van der Waals surface area contributed by atoms with E-state index in [1.165, 1.54) is 12.8 Å². The normalized spacial score (nSPS) is 20.3. The van der Waals surface area contributed by atoms with Gasteiger partial charge in [-0.05, 0) is 50.6 Å². The molecule has 0 saturated carbocycles. The molecule has 0 spiro atoms. The Morgan fingerprint density at radius 2 is 2.06 bits per heavy atom. The van der Waals surface area contributed by atoms with Gasteiger partial charge in [0.25, 0.3) is 0 Å². The van der Waals surface area contributed by atoms with Crippen molar-refractivity contribution in [2.24, 2.45) is 0 Å². The van der Waals surface area contributed by atoms with Crippen LogP contribution in [0.4, 0.5) is 0 Å². The van der Waals surface area contributed by atoms with Crippen molar-refractivity contribution >= 4 is 11.6 Å². The molecule has 1 aromatic carbocycles. The van der Waals surface area contributed by atoms with Gasteiger partial charge in [-0.2, -0.15) is 5.26 Å². The SMILES string of the molecule is CC(C#N)(c1cccc(Cl)c1)N1CCCC1. The molecule has 0 aliphatic carbocycles. The van der Waals surface area contributed by atoms with Gasteiger partial charge in [-0.3, -0.25) is 4.90 Å². The Balaban J connectivity index is 2.37. The van der Waals surface area contributed by atoms with Crippen molar-refractivity contribution in [2.45, 2.75) is 25.3 Å². The summed E-state index contributed by atoms with van der Waals surface area (Å²) in [6.07, 6.45) is 2.36. The first kappa shape index (κ1) is 11.4. The van der Waals surface area contributed by atoms with Gasteiger partial charge in [0.2, 0.25) is 0 Å². The molecule has 0 amide bonds. The van der Waals surface area contributed by atoms with Crippen LogP contribution >= 0.6 is 11.6 Å². The minimum Gasteiger partial charge on any atom is -0.282 e. The lowest BCUT2D eigenvalue weighted by atomic mass is 9.92. The minimum atomic E-state index is -0.540. The summed E-state index contributed by atoms with van der Waals surface area (Å²) in [4.78, 5) is 2.23. The Morgan fingerprint density at radius 1 is 1.38 bits per heavy atom. The van der Waals surface area contributed by atoms with Crippen LogP contribution < -0.4 is 0 Å². The molecule has 1 heterocycles. The van der Waals surface area contributed by atoms with Crippen molar-refractivity contribution in [3.8, 4) is 6.07 Å². The van der Waals surface area contributed by atoms with Crippen molar-refractivity contribution in [3.63, 3.8) is 0 Å². The number of benzene rings is 1. The van der Waals surface area contributed by atoms with Crippen molar-refractivity contribution in [2.75, 3.05) is 13.1 Å². The summed E-state index contributed by atoms with van der Waals surface area (Å²) in [5.74, 6) is 0. The molecule has 84 valence electrons. The van der Waals surface area contributed by atoms with Crippen LogP contribution in [0.25, 0.3) is 0 Å². The first-order valence-corrected chi connectivity index (χ1v) is 5.97. The van der Waals surface area contributed by atoms with Crippen molar-refractivity contribution in [3.05, 3.63) is 34.9 Å². The molecule has 0 bridgehead atoms. The van der Waals surface area contributed by atoms with E-state index in [9.17, 15) is 5.26 Å². The van der Waals surface area contributed by atoms with E-state index < -0.39 is 5.54 Å². The molecule has 3 heteroatoms. The van der Waals surface area contributed by atoms with Gasteiger partial charge in [-0.15, -0.1) is 0 Å². The van der Waals surface area contributed by atoms with Crippen molar-refractivity contribution in [1.82, 2.24) is 4.90 Å². The molecule has 1 aliphatic rings. The summed E-state index contributed by atoms with van der Waals surface area (Å²) in [5, 5.41) is 10.1. The molecule has 1 fully saturated rings. The largest absolute Gasteiger partial charge is 0.282 e. The molecule has 0 N–H and O–H groups in total. The average Bonchev–Trinajstić information content (AvgIpc) is 2.82. The van der Waals surface area contributed by atoms with E-state index in [2.05, 4.69) is 11.0 Å². The topological polar surface area (TPSA) is 27.0 Å². The van der Waals surface area contributed by atoms with Crippen LogP contribution in [0.2, 0.25) is 5.02 Å². The van der Waals surface area contributed by atoms with Gasteiger partial charge in [0.05, 0.1) is 6.07 Å². The zero-order valence-corrected chi connectivity index (χ0v) is 10.2. The first-order chi connectivity index (χ1) is 7.66. The van der Waals surface area contributed by atoms with Crippen LogP contribution in [0.15, 0.2) is 24.3 Å². The van der Waals surface area contributed by atoms with Crippen LogP contribution in [-0.4, -0.2) is 18.0 Å². The molecular formula is C13H15ClN2. The Kier molecular flexibility index (Phi) is 3.18. The van der Waals surface area contributed by atoms with Crippen LogP contribution in [0, 0.1) is 11.3 Å². The van der Waals surface area contributed by atoms with E-state index in [1.54, 1.807) is 0 Å². The highest BCUT2D eigenvalue weighted by Crippen LogP contribution is 2.32. The molecule has 1 atom stereocenters. The van der Waals surface area contributed by atoms with Crippen molar-refractivity contribution < 1.29 is 0 Å². The highest BCUT2D eigenvalue weighted by atomic mass is 35.5. The number of nitriles is 1. The first-order valence-electron chi connectivity index (χ1n) is 5.59. The summed E-state index contributed by atoms with van der Waals surface area (Å²) in [6, 6.07) is 10.0. The summed E-state index contributed by atoms with van der Waals surface area (Å²) >= 11 is 5.99. The Morgan fingerprint density at radius 3 is 2.62 bits per heavy atom. The molecular weight excluding hydrogens is 220 g/mol. The molecule has 1 unspecified atom stereocenters. The molecule has 0 aromatic heterocycles. The third-order valence-corrected chi connectivity index (χ3v) is 3.58. The molecule has 2 nitrogen and oxygen atoms in total. The maximum Gasteiger partial charge on any atom is 0.131 e. The fraction of sp³-hybridized carbons (Fsp3) is 0.462. The van der Waals surface area contributed by atoms with Gasteiger partial charge in [0.1, 0.15) is 5.54 Å². The Bertz CT molecular complexity index is 418. The van der Waals surface area contributed by atoms with E-state index in [0.29, 0.717) is 5.02 Å². The lowest BCUT2D eigenvalue weighted by Gasteiger charge is -2.32. The lowest BCUT2D eigenvalue weighted by molar-refractivity contribution is 0.193. The Hall–Kier alpha value is -1.04. The van der Waals surface area contributed by atoms with Gasteiger partial charge >= 0.3 is 0 Å². The zero-order chi connectivity index (χ0) is 11.6. The van der Waals surface area contributed by atoms with Gasteiger partial charge in [0.15, 0.2) is 0 Å². The van der Waals surface area contributed by atoms with Crippen molar-refractivity contribution in [1.29, 1.82) is 5.26 Å². The van der Waals surface area contributed by atoms with E-state index in [4.69, 9.17) is 11.6 Å². The number of likely N-dealkylation sites (tertiary alicyclic amines) is 1. The second-order valence-electron chi connectivity index (χ2n) is 4.39. The van der Waals surface area contributed by atoms with E-state index >= 15 is 0 Å². The number of rotatable bonds is 2. The predicted molar refractivity (Wildman–Crippen MR) is 65.2 cm³/mol.